The molecular weight excluding hydrogens is 188 g/mol. The Morgan fingerprint density at radius 1 is 1.50 bits per heavy atom. The van der Waals surface area contributed by atoms with Crippen LogP contribution in [0.5, 0.6) is 0 Å². The molecule has 1 atom stereocenters. The Morgan fingerprint density at radius 2 is 2.00 bits per heavy atom. The van der Waals surface area contributed by atoms with Gasteiger partial charge in [0.15, 0.2) is 0 Å². The van der Waals surface area contributed by atoms with Crippen molar-refractivity contribution in [3.05, 3.63) is 0 Å². The topological polar surface area (TPSA) is 86.7 Å². The smallest absolute Gasteiger partial charge is 0.308 e. The quantitative estimate of drug-likeness (QED) is 0.551. The summed E-state index contributed by atoms with van der Waals surface area (Å²) in [5, 5.41) is 11.2. The lowest BCUT2D eigenvalue weighted by molar-refractivity contribution is -0.149. The van der Waals surface area contributed by atoms with E-state index in [1.807, 2.05) is 0 Å². The molecule has 2 N–H and O–H groups in total. The SMILES string of the molecule is CC(CN1C(=O)CNCC1=O)C(=O)O. The highest BCUT2D eigenvalue weighted by atomic mass is 16.4. The molecule has 0 radical (unpaired) electrons. The monoisotopic (exact) mass is 200 g/mol. The largest absolute Gasteiger partial charge is 0.481 e. The van der Waals surface area contributed by atoms with E-state index in [1.165, 1.54) is 6.92 Å². The van der Waals surface area contributed by atoms with Crippen molar-refractivity contribution in [3.8, 4) is 0 Å². The molecule has 1 heterocycles. The van der Waals surface area contributed by atoms with Crippen molar-refractivity contribution >= 4 is 17.8 Å². The maximum Gasteiger partial charge on any atom is 0.308 e. The van der Waals surface area contributed by atoms with Crippen molar-refractivity contribution in [3.63, 3.8) is 0 Å². The molecule has 1 saturated heterocycles. The van der Waals surface area contributed by atoms with Gasteiger partial charge in [0, 0.05) is 6.54 Å². The van der Waals surface area contributed by atoms with Gasteiger partial charge in [0.2, 0.25) is 11.8 Å². The zero-order valence-electron chi connectivity index (χ0n) is 7.82. The number of carboxylic acid groups (broad SMARTS) is 1. The first-order valence-electron chi connectivity index (χ1n) is 4.29. The molecule has 0 spiro atoms. The van der Waals surface area contributed by atoms with Crippen molar-refractivity contribution in [2.75, 3.05) is 19.6 Å². The third kappa shape index (κ3) is 2.29. The van der Waals surface area contributed by atoms with Gasteiger partial charge < -0.3 is 5.11 Å². The van der Waals surface area contributed by atoms with Gasteiger partial charge in [-0.3, -0.25) is 24.6 Å². The Hall–Kier alpha value is -1.43. The molecule has 0 saturated carbocycles. The first-order valence-corrected chi connectivity index (χ1v) is 4.29. The van der Waals surface area contributed by atoms with E-state index < -0.39 is 11.9 Å². The van der Waals surface area contributed by atoms with Crippen molar-refractivity contribution in [2.45, 2.75) is 6.92 Å². The summed E-state index contributed by atoms with van der Waals surface area (Å²) in [6.07, 6.45) is 0. The van der Waals surface area contributed by atoms with E-state index in [4.69, 9.17) is 5.11 Å². The summed E-state index contributed by atoms with van der Waals surface area (Å²) in [7, 11) is 0. The van der Waals surface area contributed by atoms with Crippen LogP contribution in [0.15, 0.2) is 0 Å². The molecule has 1 aliphatic rings. The summed E-state index contributed by atoms with van der Waals surface area (Å²) in [6.45, 7) is 1.61. The number of hydrogen-bond donors (Lipinski definition) is 2. The van der Waals surface area contributed by atoms with Gasteiger partial charge in [-0.1, -0.05) is 6.92 Å². The first kappa shape index (κ1) is 10.6. The summed E-state index contributed by atoms with van der Waals surface area (Å²) in [5.74, 6) is -2.46. The van der Waals surface area contributed by atoms with Gasteiger partial charge in [-0.05, 0) is 0 Å². The number of carbonyl (C=O) groups excluding carboxylic acids is 2. The molecule has 0 aliphatic carbocycles. The summed E-state index contributed by atoms with van der Waals surface area (Å²) < 4.78 is 0. The van der Waals surface area contributed by atoms with Gasteiger partial charge in [0.25, 0.3) is 0 Å². The number of nitrogens with one attached hydrogen (secondary N) is 1. The van der Waals surface area contributed by atoms with Crippen LogP contribution in [0.4, 0.5) is 0 Å². The second-order valence-electron chi connectivity index (χ2n) is 3.24. The lowest BCUT2D eigenvalue weighted by Gasteiger charge is -2.26. The first-order chi connectivity index (χ1) is 6.52. The molecule has 1 rings (SSSR count). The van der Waals surface area contributed by atoms with Gasteiger partial charge in [0.1, 0.15) is 0 Å². The van der Waals surface area contributed by atoms with Gasteiger partial charge in [0.05, 0.1) is 19.0 Å². The van der Waals surface area contributed by atoms with Crippen molar-refractivity contribution < 1.29 is 19.5 Å². The Bertz CT molecular complexity index is 261. The van der Waals surface area contributed by atoms with Crippen LogP contribution in [0.2, 0.25) is 0 Å². The highest BCUT2D eigenvalue weighted by Gasteiger charge is 2.28. The number of imide groups is 1. The fourth-order valence-corrected chi connectivity index (χ4v) is 1.16. The van der Waals surface area contributed by atoms with Gasteiger partial charge >= 0.3 is 5.97 Å². The second kappa shape index (κ2) is 4.19. The average molecular weight is 200 g/mol. The molecule has 6 heteroatoms. The fourth-order valence-electron chi connectivity index (χ4n) is 1.16. The Kier molecular flexibility index (Phi) is 3.19. The molecule has 0 aromatic heterocycles. The maximum atomic E-state index is 11.2. The minimum Gasteiger partial charge on any atom is -0.481 e. The number of carbonyl (C=O) groups is 3. The van der Waals surface area contributed by atoms with Crippen LogP contribution in [0.1, 0.15) is 6.92 Å². The Labute approximate surface area is 80.9 Å². The van der Waals surface area contributed by atoms with Crippen molar-refractivity contribution in [1.82, 2.24) is 10.2 Å². The number of amides is 2. The molecular formula is C8H12N2O4. The number of carboxylic acids is 1. The summed E-state index contributed by atoms with van der Waals surface area (Å²) in [4.78, 5) is 33.9. The number of hydrogen-bond acceptors (Lipinski definition) is 4. The highest BCUT2D eigenvalue weighted by molar-refractivity contribution is 5.99. The van der Waals surface area contributed by atoms with E-state index in [-0.39, 0.29) is 31.4 Å². The summed E-state index contributed by atoms with van der Waals surface area (Å²) in [5.41, 5.74) is 0. The molecule has 0 aromatic rings. The molecule has 14 heavy (non-hydrogen) atoms. The van der Waals surface area contributed by atoms with E-state index in [1.54, 1.807) is 0 Å². The van der Waals surface area contributed by atoms with Crippen LogP contribution in [0, 0.1) is 5.92 Å². The molecule has 6 nitrogen and oxygen atoms in total. The minimum absolute atomic E-state index is 0.0469. The number of piperazine rings is 1. The van der Waals surface area contributed by atoms with Crippen LogP contribution in [-0.2, 0) is 14.4 Å². The highest BCUT2D eigenvalue weighted by Crippen LogP contribution is 2.03. The van der Waals surface area contributed by atoms with E-state index in [9.17, 15) is 14.4 Å². The molecule has 78 valence electrons. The van der Waals surface area contributed by atoms with Crippen LogP contribution >= 0.6 is 0 Å². The van der Waals surface area contributed by atoms with Crippen LogP contribution in [-0.4, -0.2) is 47.4 Å². The van der Waals surface area contributed by atoms with Crippen LogP contribution in [0.25, 0.3) is 0 Å². The van der Waals surface area contributed by atoms with Crippen LogP contribution in [0.3, 0.4) is 0 Å². The minimum atomic E-state index is -1.01. The predicted octanol–water partition coefficient (Wildman–Crippen LogP) is -1.33. The van der Waals surface area contributed by atoms with Gasteiger partial charge in [-0.25, -0.2) is 0 Å². The molecule has 1 fully saturated rings. The fraction of sp³-hybridized carbons (Fsp3) is 0.625. The Morgan fingerprint density at radius 3 is 2.43 bits per heavy atom. The van der Waals surface area contributed by atoms with E-state index in [0.717, 1.165) is 4.90 Å². The van der Waals surface area contributed by atoms with E-state index >= 15 is 0 Å². The lowest BCUT2D eigenvalue weighted by Crippen LogP contribution is -2.53. The third-order valence-electron chi connectivity index (χ3n) is 2.03. The number of nitrogens with zero attached hydrogens (tertiary/aromatic N) is 1. The average Bonchev–Trinajstić information content (AvgIpc) is 2.11. The molecule has 1 unspecified atom stereocenters. The van der Waals surface area contributed by atoms with E-state index in [2.05, 4.69) is 5.32 Å². The molecule has 1 aliphatic heterocycles. The van der Waals surface area contributed by atoms with Crippen molar-refractivity contribution in [2.24, 2.45) is 5.92 Å². The lowest BCUT2D eigenvalue weighted by atomic mass is 10.1. The summed E-state index contributed by atoms with van der Waals surface area (Å²) in [6, 6.07) is 0. The van der Waals surface area contributed by atoms with Crippen molar-refractivity contribution in [1.29, 1.82) is 0 Å². The Balaban J connectivity index is 2.61. The normalized spacial score (nSPS) is 19.6. The van der Waals surface area contributed by atoms with Crippen LogP contribution < -0.4 is 5.32 Å². The van der Waals surface area contributed by atoms with Gasteiger partial charge in [-0.2, -0.15) is 0 Å². The molecule has 2 amide bonds. The number of rotatable bonds is 3. The summed E-state index contributed by atoms with van der Waals surface area (Å²) >= 11 is 0. The third-order valence-corrected chi connectivity index (χ3v) is 2.03. The molecule has 0 aromatic carbocycles. The maximum absolute atomic E-state index is 11.2. The zero-order chi connectivity index (χ0) is 10.7. The second-order valence-corrected chi connectivity index (χ2v) is 3.24. The zero-order valence-corrected chi connectivity index (χ0v) is 7.82. The van der Waals surface area contributed by atoms with E-state index in [0.29, 0.717) is 0 Å². The molecule has 0 bridgehead atoms. The van der Waals surface area contributed by atoms with Gasteiger partial charge in [-0.15, -0.1) is 0 Å². The number of aliphatic carboxylic acids is 1. The predicted molar refractivity (Wildman–Crippen MR) is 46.4 cm³/mol. The standard InChI is InChI=1S/C8H12N2O4/c1-5(8(13)14)4-10-6(11)2-9-3-7(10)12/h5,9H,2-4H2,1H3,(H,13,14).